The van der Waals surface area contributed by atoms with Crippen LogP contribution in [-0.4, -0.2) is 46.3 Å². The van der Waals surface area contributed by atoms with Crippen molar-refractivity contribution in [2.24, 2.45) is 11.8 Å². The van der Waals surface area contributed by atoms with E-state index >= 15 is 0 Å². The number of hydrogen-bond donors (Lipinski definition) is 2. The minimum atomic E-state index is -1.47. The topological polar surface area (TPSA) is 86.7 Å². The fourth-order valence-electron chi connectivity index (χ4n) is 3.83. The highest BCUT2D eigenvalue weighted by atomic mass is 16.3. The van der Waals surface area contributed by atoms with E-state index in [1.165, 1.54) is 7.05 Å². The first-order valence-corrected chi connectivity index (χ1v) is 7.40. The Labute approximate surface area is 127 Å². The van der Waals surface area contributed by atoms with Crippen molar-refractivity contribution in [3.05, 3.63) is 29.8 Å². The summed E-state index contributed by atoms with van der Waals surface area (Å²) in [4.78, 5) is 38.4. The fraction of sp³-hybridized carbons (Fsp3) is 0.438. The van der Waals surface area contributed by atoms with Crippen molar-refractivity contribution in [2.75, 3.05) is 12.4 Å². The van der Waals surface area contributed by atoms with Crippen LogP contribution >= 0.6 is 0 Å². The average Bonchev–Trinajstić information content (AvgIpc) is 3.30. The Morgan fingerprint density at radius 1 is 1.18 bits per heavy atom. The molecule has 2 fully saturated rings. The number of rotatable bonds is 2. The van der Waals surface area contributed by atoms with Gasteiger partial charge in [-0.1, -0.05) is 12.1 Å². The molecule has 2 heterocycles. The third-order valence-electron chi connectivity index (χ3n) is 5.10. The number of aliphatic hydroxyl groups is 1. The zero-order chi connectivity index (χ0) is 15.6. The van der Waals surface area contributed by atoms with E-state index in [-0.39, 0.29) is 11.7 Å². The first-order chi connectivity index (χ1) is 10.5. The molecule has 0 aromatic heterocycles. The van der Waals surface area contributed by atoms with Gasteiger partial charge in [-0.25, -0.2) is 0 Å². The fourth-order valence-corrected chi connectivity index (χ4v) is 3.83. The number of nitrogens with one attached hydrogen (secondary N) is 1. The summed E-state index contributed by atoms with van der Waals surface area (Å²) in [5.74, 6) is -2.41. The molecule has 2 N–H and O–H groups in total. The van der Waals surface area contributed by atoms with Gasteiger partial charge in [-0.2, -0.15) is 0 Å². The van der Waals surface area contributed by atoms with Gasteiger partial charge in [0.15, 0.2) is 5.78 Å². The maximum absolute atomic E-state index is 13.0. The molecule has 0 radical (unpaired) electrons. The lowest BCUT2D eigenvalue weighted by atomic mass is 9.74. The summed E-state index contributed by atoms with van der Waals surface area (Å²) in [7, 11) is 1.35. The van der Waals surface area contributed by atoms with Crippen LogP contribution in [0.15, 0.2) is 24.3 Å². The lowest BCUT2D eigenvalue weighted by Crippen LogP contribution is -2.56. The number of likely N-dealkylation sites (N-methyl/N-ethyl adjacent to an activating group) is 1. The summed E-state index contributed by atoms with van der Waals surface area (Å²) in [5, 5.41) is 13.5. The average molecular weight is 300 g/mol. The van der Waals surface area contributed by atoms with Crippen LogP contribution in [0.5, 0.6) is 0 Å². The number of carbonyl (C=O) groups is 3. The Morgan fingerprint density at radius 2 is 1.86 bits per heavy atom. The number of amides is 2. The molecule has 2 amide bonds. The van der Waals surface area contributed by atoms with Crippen LogP contribution in [0.4, 0.5) is 5.69 Å². The molecule has 6 nitrogen and oxygen atoms in total. The van der Waals surface area contributed by atoms with Crippen molar-refractivity contribution < 1.29 is 19.5 Å². The minimum absolute atomic E-state index is 0.0321. The van der Waals surface area contributed by atoms with E-state index in [0.717, 1.165) is 17.7 Å². The van der Waals surface area contributed by atoms with Crippen LogP contribution < -0.4 is 5.32 Å². The number of para-hydroxylation sites is 1. The zero-order valence-electron chi connectivity index (χ0n) is 12.1. The SMILES string of the molecule is CN1C(=O)C(O)C(C2(C3CC3)Nc3ccccc3C2=O)C1=O. The molecule has 22 heavy (non-hydrogen) atoms. The molecule has 1 saturated heterocycles. The van der Waals surface area contributed by atoms with Gasteiger partial charge in [-0.05, 0) is 30.9 Å². The van der Waals surface area contributed by atoms with Crippen LogP contribution in [0, 0.1) is 11.8 Å². The van der Waals surface area contributed by atoms with Gasteiger partial charge in [-0.3, -0.25) is 19.3 Å². The molecule has 1 aromatic carbocycles. The molecule has 1 saturated carbocycles. The third-order valence-corrected chi connectivity index (χ3v) is 5.10. The highest BCUT2D eigenvalue weighted by molar-refractivity contribution is 6.19. The van der Waals surface area contributed by atoms with Gasteiger partial charge in [0.05, 0.1) is 0 Å². The van der Waals surface area contributed by atoms with Gasteiger partial charge in [0.25, 0.3) is 5.91 Å². The predicted molar refractivity (Wildman–Crippen MR) is 77.1 cm³/mol. The van der Waals surface area contributed by atoms with Gasteiger partial charge >= 0.3 is 0 Å². The summed E-state index contributed by atoms with van der Waals surface area (Å²) in [6.45, 7) is 0. The van der Waals surface area contributed by atoms with E-state index in [2.05, 4.69) is 5.32 Å². The summed E-state index contributed by atoms with van der Waals surface area (Å²) in [6, 6.07) is 7.08. The quantitative estimate of drug-likeness (QED) is 0.773. The first-order valence-electron chi connectivity index (χ1n) is 7.40. The summed E-state index contributed by atoms with van der Waals surface area (Å²) in [6.07, 6.45) is 0.145. The summed E-state index contributed by atoms with van der Waals surface area (Å²) in [5.41, 5.74) is -0.00143. The van der Waals surface area contributed by atoms with Gasteiger partial charge in [0, 0.05) is 18.3 Å². The standard InChI is InChI=1S/C16H16N2O4/c1-18-14(21)11(12(19)15(18)22)16(8-6-7-8)13(20)9-4-2-3-5-10(9)17-16/h2-5,8,11-12,17,19H,6-7H2,1H3. The Bertz CT molecular complexity index is 712. The van der Waals surface area contributed by atoms with E-state index < -0.39 is 29.4 Å². The molecule has 1 aliphatic carbocycles. The monoisotopic (exact) mass is 300 g/mol. The minimum Gasteiger partial charge on any atom is -0.382 e. The third kappa shape index (κ3) is 1.45. The number of imide groups is 1. The van der Waals surface area contributed by atoms with Crippen molar-refractivity contribution in [2.45, 2.75) is 24.5 Å². The number of Topliss-reactive ketones (excluding diaryl/α,β-unsaturated/α-hetero) is 1. The van der Waals surface area contributed by atoms with Crippen molar-refractivity contribution in [1.29, 1.82) is 0 Å². The number of aliphatic hydroxyl groups excluding tert-OH is 1. The number of likely N-dealkylation sites (tertiary alicyclic amines) is 1. The van der Waals surface area contributed by atoms with Crippen molar-refractivity contribution in [3.8, 4) is 0 Å². The highest BCUT2D eigenvalue weighted by Crippen LogP contribution is 2.53. The summed E-state index contributed by atoms with van der Waals surface area (Å²) >= 11 is 0. The van der Waals surface area contributed by atoms with Crippen molar-refractivity contribution in [1.82, 2.24) is 4.90 Å². The van der Waals surface area contributed by atoms with Gasteiger partial charge in [-0.15, -0.1) is 0 Å². The number of benzene rings is 1. The number of carbonyl (C=O) groups excluding carboxylic acids is 3. The van der Waals surface area contributed by atoms with Gasteiger partial charge < -0.3 is 10.4 Å². The Kier molecular flexibility index (Phi) is 2.55. The molecule has 6 heteroatoms. The molecule has 1 aromatic rings. The molecule has 114 valence electrons. The number of anilines is 1. The lowest BCUT2D eigenvalue weighted by Gasteiger charge is -2.34. The number of nitrogens with zero attached hydrogens (tertiary/aromatic N) is 1. The number of hydrogen-bond acceptors (Lipinski definition) is 5. The largest absolute Gasteiger partial charge is 0.382 e. The number of ketones is 1. The van der Waals surface area contributed by atoms with Crippen LogP contribution in [0.2, 0.25) is 0 Å². The summed E-state index contributed by atoms with van der Waals surface area (Å²) < 4.78 is 0. The van der Waals surface area contributed by atoms with E-state index in [4.69, 9.17) is 0 Å². The molecule has 3 aliphatic rings. The molecule has 0 spiro atoms. The van der Waals surface area contributed by atoms with Crippen molar-refractivity contribution >= 4 is 23.3 Å². The number of fused-ring (bicyclic) bond motifs is 1. The smallest absolute Gasteiger partial charge is 0.258 e. The van der Waals surface area contributed by atoms with Crippen LogP contribution in [0.25, 0.3) is 0 Å². The van der Waals surface area contributed by atoms with Gasteiger partial charge in [0.1, 0.15) is 17.6 Å². The van der Waals surface area contributed by atoms with Crippen LogP contribution in [-0.2, 0) is 9.59 Å². The maximum Gasteiger partial charge on any atom is 0.258 e. The molecule has 3 atom stereocenters. The van der Waals surface area contributed by atoms with Gasteiger partial charge in [0.2, 0.25) is 5.91 Å². The van der Waals surface area contributed by atoms with E-state index in [1.54, 1.807) is 18.2 Å². The molecule has 0 bridgehead atoms. The highest BCUT2D eigenvalue weighted by Gasteiger charge is 2.66. The second kappa shape index (κ2) is 4.16. The normalized spacial score (nSPS) is 34.1. The molecule has 4 rings (SSSR count). The molecule has 2 aliphatic heterocycles. The van der Waals surface area contributed by atoms with E-state index in [1.807, 2.05) is 6.07 Å². The Balaban J connectivity index is 1.86. The second-order valence-corrected chi connectivity index (χ2v) is 6.30. The zero-order valence-corrected chi connectivity index (χ0v) is 12.1. The second-order valence-electron chi connectivity index (χ2n) is 6.30. The maximum atomic E-state index is 13.0. The predicted octanol–water partition coefficient (Wildman–Crippen LogP) is 0.419. The Hall–Kier alpha value is -2.21. The molecular weight excluding hydrogens is 284 g/mol. The van der Waals surface area contributed by atoms with E-state index in [9.17, 15) is 19.5 Å². The lowest BCUT2D eigenvalue weighted by molar-refractivity contribution is -0.139. The molecule has 3 unspecified atom stereocenters. The first kappa shape index (κ1) is 13.5. The van der Waals surface area contributed by atoms with Crippen LogP contribution in [0.1, 0.15) is 23.2 Å². The Morgan fingerprint density at radius 3 is 2.41 bits per heavy atom. The van der Waals surface area contributed by atoms with E-state index in [0.29, 0.717) is 11.3 Å². The van der Waals surface area contributed by atoms with Crippen molar-refractivity contribution in [3.63, 3.8) is 0 Å². The van der Waals surface area contributed by atoms with Crippen LogP contribution in [0.3, 0.4) is 0 Å². The molecular formula is C16H16N2O4.